The van der Waals surface area contributed by atoms with E-state index in [0.29, 0.717) is 13.2 Å². The van der Waals surface area contributed by atoms with Crippen molar-refractivity contribution in [1.29, 1.82) is 0 Å². The number of hydrogen-bond acceptors (Lipinski definition) is 4. The molecule has 6 heteroatoms. The molecule has 31 heavy (non-hydrogen) atoms. The van der Waals surface area contributed by atoms with Crippen LogP contribution in [0, 0.1) is 6.92 Å². The first-order valence-electron chi connectivity index (χ1n) is 10.3. The van der Waals surface area contributed by atoms with Crippen LogP contribution in [0.4, 0.5) is 0 Å². The molecule has 4 rings (SSSR count). The van der Waals surface area contributed by atoms with Gasteiger partial charge in [0.25, 0.3) is 0 Å². The predicted octanol–water partition coefficient (Wildman–Crippen LogP) is 5.30. The number of ether oxygens (including phenoxy) is 1. The Bertz CT molecular complexity index is 1140. The van der Waals surface area contributed by atoms with Gasteiger partial charge in [-0.3, -0.25) is 4.79 Å². The van der Waals surface area contributed by atoms with Crippen molar-refractivity contribution in [2.24, 2.45) is 0 Å². The fourth-order valence-corrected chi connectivity index (χ4v) is 4.15. The smallest absolute Gasteiger partial charge is 0.240 e. The molecule has 0 bridgehead atoms. The van der Waals surface area contributed by atoms with Gasteiger partial charge in [0.15, 0.2) is 0 Å². The molecule has 0 aliphatic heterocycles. The summed E-state index contributed by atoms with van der Waals surface area (Å²) in [5.74, 6) is 0.796. The first kappa shape index (κ1) is 20.9. The Morgan fingerprint density at radius 1 is 1.10 bits per heavy atom. The zero-order valence-electron chi connectivity index (χ0n) is 17.7. The van der Waals surface area contributed by atoms with Gasteiger partial charge in [-0.25, -0.2) is 4.98 Å². The van der Waals surface area contributed by atoms with Gasteiger partial charge in [0.05, 0.1) is 18.0 Å². The van der Waals surface area contributed by atoms with Crippen LogP contribution in [0.2, 0.25) is 0 Å². The van der Waals surface area contributed by atoms with E-state index in [0.717, 1.165) is 33.3 Å². The molecule has 0 saturated carbocycles. The highest BCUT2D eigenvalue weighted by molar-refractivity contribution is 7.13. The molecule has 0 radical (unpaired) electrons. The Kier molecular flexibility index (Phi) is 6.48. The highest BCUT2D eigenvalue weighted by atomic mass is 32.1. The average molecular weight is 432 g/mol. The molecule has 2 heterocycles. The first-order valence-corrected chi connectivity index (χ1v) is 11.2. The average Bonchev–Trinajstić information content (AvgIpc) is 3.43. The summed E-state index contributed by atoms with van der Waals surface area (Å²) in [5.41, 5.74) is 5.25. The lowest BCUT2D eigenvalue weighted by Crippen LogP contribution is -2.27. The van der Waals surface area contributed by atoms with Crippen molar-refractivity contribution in [2.75, 3.05) is 6.61 Å². The van der Waals surface area contributed by atoms with Crippen LogP contribution in [-0.2, 0) is 17.9 Å². The predicted molar refractivity (Wildman–Crippen MR) is 125 cm³/mol. The van der Waals surface area contributed by atoms with E-state index in [-0.39, 0.29) is 12.5 Å². The van der Waals surface area contributed by atoms with E-state index in [2.05, 4.69) is 41.9 Å². The van der Waals surface area contributed by atoms with Gasteiger partial charge >= 0.3 is 0 Å². The summed E-state index contributed by atoms with van der Waals surface area (Å²) < 4.78 is 7.39. The number of aromatic nitrogens is 2. The summed E-state index contributed by atoms with van der Waals surface area (Å²) >= 11 is 1.59. The van der Waals surface area contributed by atoms with E-state index in [4.69, 9.17) is 9.72 Å². The molecule has 0 aliphatic carbocycles. The van der Waals surface area contributed by atoms with Crippen LogP contribution in [0.15, 0.2) is 72.2 Å². The zero-order chi connectivity index (χ0) is 21.6. The number of nitrogens with one attached hydrogen (secondary N) is 1. The SMILES string of the molecule is CCOc1ccc(CNC(=O)Cn2cccc2-c2nc(-c3ccc(C)cc3)cs2)cc1. The molecule has 0 spiro atoms. The topological polar surface area (TPSA) is 56.1 Å². The second-order valence-electron chi connectivity index (χ2n) is 7.28. The molecule has 1 N–H and O–H groups in total. The fourth-order valence-electron chi connectivity index (χ4n) is 3.28. The number of carbonyl (C=O) groups is 1. The number of benzene rings is 2. The maximum absolute atomic E-state index is 12.5. The van der Waals surface area contributed by atoms with Crippen molar-refractivity contribution >= 4 is 17.2 Å². The highest BCUT2D eigenvalue weighted by Crippen LogP contribution is 2.29. The third-order valence-electron chi connectivity index (χ3n) is 4.94. The van der Waals surface area contributed by atoms with Crippen LogP contribution in [0.1, 0.15) is 18.1 Å². The van der Waals surface area contributed by atoms with Crippen LogP contribution in [0.3, 0.4) is 0 Å². The molecule has 2 aromatic heterocycles. The molecule has 0 atom stereocenters. The summed E-state index contributed by atoms with van der Waals surface area (Å²) in [7, 11) is 0. The van der Waals surface area contributed by atoms with E-state index >= 15 is 0 Å². The zero-order valence-corrected chi connectivity index (χ0v) is 18.5. The summed E-state index contributed by atoms with van der Waals surface area (Å²) in [6, 6.07) is 20.1. The molecule has 4 aromatic rings. The van der Waals surface area contributed by atoms with Crippen LogP contribution in [0.25, 0.3) is 22.0 Å². The monoisotopic (exact) mass is 431 g/mol. The molecule has 5 nitrogen and oxygen atoms in total. The van der Waals surface area contributed by atoms with Crippen LogP contribution in [0.5, 0.6) is 5.75 Å². The Morgan fingerprint density at radius 2 is 1.87 bits per heavy atom. The molecule has 2 aromatic carbocycles. The van der Waals surface area contributed by atoms with Gasteiger partial charge < -0.3 is 14.6 Å². The van der Waals surface area contributed by atoms with E-state index < -0.39 is 0 Å². The first-order chi connectivity index (χ1) is 15.1. The number of rotatable bonds is 8. The normalized spacial score (nSPS) is 10.8. The van der Waals surface area contributed by atoms with E-state index in [1.807, 2.05) is 54.1 Å². The standard InChI is InChI=1S/C25H25N3O2S/c1-3-30-21-12-8-19(9-13-21)15-26-24(29)16-28-14-4-5-23(28)25-27-22(17-31-25)20-10-6-18(2)7-11-20/h4-14,17H,3,15-16H2,1-2H3,(H,26,29). The van der Waals surface area contributed by atoms with Gasteiger partial charge in [0, 0.05) is 23.7 Å². The largest absolute Gasteiger partial charge is 0.494 e. The van der Waals surface area contributed by atoms with E-state index in [1.54, 1.807) is 11.3 Å². The Balaban J connectivity index is 1.39. The van der Waals surface area contributed by atoms with Crippen molar-refractivity contribution < 1.29 is 9.53 Å². The Hall–Kier alpha value is -3.38. The van der Waals surface area contributed by atoms with Crippen molar-refractivity contribution in [3.63, 3.8) is 0 Å². The number of thiazole rings is 1. The fraction of sp³-hybridized carbons (Fsp3) is 0.200. The van der Waals surface area contributed by atoms with Gasteiger partial charge in [-0.15, -0.1) is 11.3 Å². The third kappa shape index (κ3) is 5.22. The molecule has 158 valence electrons. The summed E-state index contributed by atoms with van der Waals surface area (Å²) in [6.07, 6.45) is 1.92. The lowest BCUT2D eigenvalue weighted by atomic mass is 10.1. The molecule has 0 fully saturated rings. The second kappa shape index (κ2) is 9.62. The quantitative estimate of drug-likeness (QED) is 0.412. The highest BCUT2D eigenvalue weighted by Gasteiger charge is 2.12. The third-order valence-corrected chi connectivity index (χ3v) is 5.80. The van der Waals surface area contributed by atoms with Crippen LogP contribution < -0.4 is 10.1 Å². The molecule has 0 saturated heterocycles. The van der Waals surface area contributed by atoms with Crippen molar-refractivity contribution in [2.45, 2.75) is 26.9 Å². The number of amides is 1. The molecule has 1 amide bonds. The van der Waals surface area contributed by atoms with Gasteiger partial charge in [-0.05, 0) is 43.7 Å². The Labute approximate surface area is 186 Å². The minimum absolute atomic E-state index is 0.0401. The minimum atomic E-state index is -0.0401. The van der Waals surface area contributed by atoms with Crippen molar-refractivity contribution in [3.8, 4) is 27.7 Å². The Morgan fingerprint density at radius 3 is 2.61 bits per heavy atom. The second-order valence-corrected chi connectivity index (χ2v) is 8.14. The molecular formula is C25H25N3O2S. The van der Waals surface area contributed by atoms with Crippen molar-refractivity contribution in [3.05, 3.63) is 83.4 Å². The lowest BCUT2D eigenvalue weighted by Gasteiger charge is -2.09. The van der Waals surface area contributed by atoms with E-state index in [9.17, 15) is 4.79 Å². The van der Waals surface area contributed by atoms with E-state index in [1.165, 1.54) is 5.56 Å². The maximum atomic E-state index is 12.5. The maximum Gasteiger partial charge on any atom is 0.240 e. The summed E-state index contributed by atoms with van der Waals surface area (Å²) in [4.78, 5) is 17.3. The summed E-state index contributed by atoms with van der Waals surface area (Å²) in [5, 5.41) is 5.95. The lowest BCUT2D eigenvalue weighted by molar-refractivity contribution is -0.121. The van der Waals surface area contributed by atoms with Gasteiger partial charge in [-0.1, -0.05) is 42.0 Å². The molecule has 0 aliphatic rings. The number of carbonyl (C=O) groups excluding carboxylic acids is 1. The van der Waals surface area contributed by atoms with Gasteiger partial charge in [0.2, 0.25) is 5.91 Å². The number of aryl methyl sites for hydroxylation is 1. The van der Waals surface area contributed by atoms with Gasteiger partial charge in [-0.2, -0.15) is 0 Å². The van der Waals surface area contributed by atoms with Gasteiger partial charge in [0.1, 0.15) is 17.3 Å². The van der Waals surface area contributed by atoms with Crippen LogP contribution >= 0.6 is 11.3 Å². The number of hydrogen-bond donors (Lipinski definition) is 1. The molecular weight excluding hydrogens is 406 g/mol. The van der Waals surface area contributed by atoms with Crippen LogP contribution in [-0.4, -0.2) is 22.1 Å². The molecule has 0 unspecified atom stereocenters. The minimum Gasteiger partial charge on any atom is -0.494 e. The van der Waals surface area contributed by atoms with Crippen molar-refractivity contribution in [1.82, 2.24) is 14.9 Å². The summed E-state index contributed by atoms with van der Waals surface area (Å²) in [6.45, 7) is 5.40. The number of nitrogens with zero attached hydrogens (tertiary/aromatic N) is 2.